The first-order valence-corrected chi connectivity index (χ1v) is 6.82. The fraction of sp³-hybridized carbons (Fsp3) is 0.500. The molecule has 110 valence electrons. The van der Waals surface area contributed by atoms with Crippen LogP contribution in [0.25, 0.3) is 0 Å². The van der Waals surface area contributed by atoms with Crippen LogP contribution in [0.3, 0.4) is 0 Å². The van der Waals surface area contributed by atoms with E-state index >= 15 is 0 Å². The Bertz CT molecular complexity index is 448. The van der Waals surface area contributed by atoms with Gasteiger partial charge in [-0.3, -0.25) is 9.59 Å². The van der Waals surface area contributed by atoms with Crippen molar-refractivity contribution in [1.29, 1.82) is 0 Å². The molecule has 0 saturated carbocycles. The van der Waals surface area contributed by atoms with Crippen LogP contribution in [0.2, 0.25) is 0 Å². The van der Waals surface area contributed by atoms with Crippen LogP contribution in [0.5, 0.6) is 0 Å². The summed E-state index contributed by atoms with van der Waals surface area (Å²) in [6.45, 7) is 6.19. The summed E-state index contributed by atoms with van der Waals surface area (Å²) < 4.78 is 9.60. The van der Waals surface area contributed by atoms with E-state index in [9.17, 15) is 9.59 Å². The summed E-state index contributed by atoms with van der Waals surface area (Å²) in [4.78, 5) is 23.5. The van der Waals surface area contributed by atoms with Crippen LogP contribution in [-0.4, -0.2) is 25.7 Å². The Morgan fingerprint density at radius 1 is 1.10 bits per heavy atom. The summed E-state index contributed by atoms with van der Waals surface area (Å²) in [6, 6.07) is 7.90. The van der Waals surface area contributed by atoms with Gasteiger partial charge in [-0.25, -0.2) is 0 Å². The van der Waals surface area contributed by atoms with E-state index in [1.54, 1.807) is 6.92 Å². The highest BCUT2D eigenvalue weighted by Gasteiger charge is 2.29. The molecule has 0 aliphatic rings. The smallest absolute Gasteiger partial charge is 0.320 e. The molecule has 20 heavy (non-hydrogen) atoms. The zero-order valence-electron chi connectivity index (χ0n) is 12.5. The van der Waals surface area contributed by atoms with Gasteiger partial charge in [0, 0.05) is 0 Å². The van der Waals surface area contributed by atoms with E-state index in [2.05, 4.69) is 18.6 Å². The molecule has 0 radical (unpaired) electrons. The van der Waals surface area contributed by atoms with Crippen LogP contribution < -0.4 is 0 Å². The largest absolute Gasteiger partial charge is 0.468 e. The number of carbonyl (C=O) groups excluding carboxylic acids is 2. The summed E-state index contributed by atoms with van der Waals surface area (Å²) in [5, 5.41) is 0. The van der Waals surface area contributed by atoms with Crippen LogP contribution in [0.1, 0.15) is 37.8 Å². The number of carbonyl (C=O) groups is 2. The molecule has 0 aliphatic heterocycles. The molecule has 0 spiro atoms. The molecule has 0 heterocycles. The van der Waals surface area contributed by atoms with Crippen LogP contribution in [0.15, 0.2) is 24.3 Å². The van der Waals surface area contributed by atoms with E-state index in [4.69, 9.17) is 4.74 Å². The quantitative estimate of drug-likeness (QED) is 0.593. The monoisotopic (exact) mass is 278 g/mol. The van der Waals surface area contributed by atoms with Gasteiger partial charge in [-0.1, -0.05) is 38.1 Å². The first kappa shape index (κ1) is 16.2. The number of ether oxygens (including phenoxy) is 2. The van der Waals surface area contributed by atoms with Crippen molar-refractivity contribution in [2.45, 2.75) is 33.1 Å². The maximum absolute atomic E-state index is 11.8. The van der Waals surface area contributed by atoms with E-state index in [0.29, 0.717) is 12.3 Å². The van der Waals surface area contributed by atoms with E-state index in [-0.39, 0.29) is 6.61 Å². The van der Waals surface area contributed by atoms with Gasteiger partial charge in [0.25, 0.3) is 0 Å². The molecule has 0 bridgehead atoms. The zero-order valence-corrected chi connectivity index (χ0v) is 12.5. The number of methoxy groups -OCH3 is 1. The van der Waals surface area contributed by atoms with Gasteiger partial charge in [0.2, 0.25) is 0 Å². The van der Waals surface area contributed by atoms with Crippen molar-refractivity contribution in [2.24, 2.45) is 5.92 Å². The molecule has 0 amide bonds. The van der Waals surface area contributed by atoms with Crippen molar-refractivity contribution in [2.75, 3.05) is 13.7 Å². The van der Waals surface area contributed by atoms with Crippen molar-refractivity contribution in [3.8, 4) is 0 Å². The summed E-state index contributed by atoms with van der Waals surface area (Å²) >= 11 is 0. The average molecular weight is 278 g/mol. The molecular formula is C16H22O4. The maximum atomic E-state index is 11.8. The number of hydrogen-bond acceptors (Lipinski definition) is 4. The minimum atomic E-state index is -0.898. The van der Waals surface area contributed by atoms with Crippen LogP contribution in [0, 0.1) is 5.92 Å². The number of rotatable bonds is 6. The lowest BCUT2D eigenvalue weighted by molar-refractivity contribution is -0.160. The van der Waals surface area contributed by atoms with Crippen molar-refractivity contribution < 1.29 is 19.1 Å². The standard InChI is InChI=1S/C16H22O4/c1-5-20-16(18)14(15(17)19-4)10-12-6-8-13(9-7-12)11(2)3/h6-9,11,14H,5,10H2,1-4H3. The third kappa shape index (κ3) is 4.37. The van der Waals surface area contributed by atoms with E-state index in [0.717, 1.165) is 5.56 Å². The Morgan fingerprint density at radius 2 is 1.70 bits per heavy atom. The molecule has 1 aromatic rings. The Hall–Kier alpha value is -1.84. The first-order valence-electron chi connectivity index (χ1n) is 6.82. The normalized spacial score (nSPS) is 12.1. The fourth-order valence-corrected chi connectivity index (χ4v) is 1.92. The lowest BCUT2D eigenvalue weighted by Gasteiger charge is -2.14. The van der Waals surface area contributed by atoms with Gasteiger partial charge in [-0.2, -0.15) is 0 Å². The zero-order chi connectivity index (χ0) is 15.1. The summed E-state index contributed by atoms with van der Waals surface area (Å²) in [5.74, 6) is -1.54. The molecule has 1 atom stereocenters. The molecule has 4 nitrogen and oxygen atoms in total. The fourth-order valence-electron chi connectivity index (χ4n) is 1.92. The molecule has 4 heteroatoms. The molecular weight excluding hydrogens is 256 g/mol. The van der Waals surface area contributed by atoms with Crippen LogP contribution >= 0.6 is 0 Å². The molecule has 1 aromatic carbocycles. The van der Waals surface area contributed by atoms with Gasteiger partial charge < -0.3 is 9.47 Å². The summed E-state index contributed by atoms with van der Waals surface area (Å²) in [5.41, 5.74) is 2.14. The molecule has 0 saturated heterocycles. The highest BCUT2D eigenvalue weighted by molar-refractivity contribution is 5.95. The van der Waals surface area contributed by atoms with E-state index in [1.807, 2.05) is 24.3 Å². The third-order valence-electron chi connectivity index (χ3n) is 3.14. The Labute approximate surface area is 120 Å². The molecule has 1 unspecified atom stereocenters. The molecule has 0 N–H and O–H groups in total. The van der Waals surface area contributed by atoms with Crippen molar-refractivity contribution in [3.63, 3.8) is 0 Å². The van der Waals surface area contributed by atoms with Crippen molar-refractivity contribution in [1.82, 2.24) is 0 Å². The highest BCUT2D eigenvalue weighted by atomic mass is 16.5. The van der Waals surface area contributed by atoms with Gasteiger partial charge in [0.1, 0.15) is 0 Å². The lowest BCUT2D eigenvalue weighted by atomic mass is 9.96. The second-order valence-corrected chi connectivity index (χ2v) is 4.93. The third-order valence-corrected chi connectivity index (χ3v) is 3.14. The predicted molar refractivity (Wildman–Crippen MR) is 76.4 cm³/mol. The van der Waals surface area contributed by atoms with Gasteiger partial charge in [0.15, 0.2) is 5.92 Å². The maximum Gasteiger partial charge on any atom is 0.320 e. The molecule has 1 rings (SSSR count). The minimum absolute atomic E-state index is 0.249. The summed E-state index contributed by atoms with van der Waals surface area (Å²) in [7, 11) is 1.27. The number of benzene rings is 1. The van der Waals surface area contributed by atoms with Gasteiger partial charge in [0.05, 0.1) is 13.7 Å². The lowest BCUT2D eigenvalue weighted by Crippen LogP contribution is -2.29. The van der Waals surface area contributed by atoms with Crippen molar-refractivity contribution in [3.05, 3.63) is 35.4 Å². The first-order chi connectivity index (χ1) is 9.49. The highest BCUT2D eigenvalue weighted by Crippen LogP contribution is 2.18. The van der Waals surface area contributed by atoms with E-state index < -0.39 is 17.9 Å². The Kier molecular flexibility index (Phi) is 6.22. The minimum Gasteiger partial charge on any atom is -0.468 e. The average Bonchev–Trinajstić information content (AvgIpc) is 2.44. The van der Waals surface area contributed by atoms with Gasteiger partial charge in [-0.15, -0.1) is 0 Å². The van der Waals surface area contributed by atoms with Gasteiger partial charge in [-0.05, 0) is 30.4 Å². The number of hydrogen-bond donors (Lipinski definition) is 0. The van der Waals surface area contributed by atoms with Crippen molar-refractivity contribution >= 4 is 11.9 Å². The van der Waals surface area contributed by atoms with Crippen LogP contribution in [-0.2, 0) is 25.5 Å². The molecule has 0 fully saturated rings. The molecule has 0 aliphatic carbocycles. The SMILES string of the molecule is CCOC(=O)C(Cc1ccc(C(C)C)cc1)C(=O)OC. The predicted octanol–water partition coefficient (Wildman–Crippen LogP) is 2.70. The second-order valence-electron chi connectivity index (χ2n) is 4.93. The van der Waals surface area contributed by atoms with Gasteiger partial charge >= 0.3 is 11.9 Å². The Morgan fingerprint density at radius 3 is 2.15 bits per heavy atom. The van der Waals surface area contributed by atoms with E-state index in [1.165, 1.54) is 12.7 Å². The second kappa shape index (κ2) is 7.68. The summed E-state index contributed by atoms with van der Waals surface area (Å²) in [6.07, 6.45) is 0.296. The molecule has 0 aromatic heterocycles. The Balaban J connectivity index is 2.83. The van der Waals surface area contributed by atoms with Crippen LogP contribution in [0.4, 0.5) is 0 Å². The topological polar surface area (TPSA) is 52.6 Å². The number of esters is 2.